The van der Waals surface area contributed by atoms with Gasteiger partial charge in [-0.2, -0.15) is 5.10 Å². The van der Waals surface area contributed by atoms with Crippen molar-refractivity contribution in [3.05, 3.63) is 63.2 Å². The minimum Gasteiger partial charge on any atom is -0.494 e. The third-order valence-corrected chi connectivity index (χ3v) is 6.35. The largest absolute Gasteiger partial charge is 0.494 e. The zero-order chi connectivity index (χ0) is 24.7. The molecular weight excluding hydrogens is 450 g/mol. The van der Waals surface area contributed by atoms with Gasteiger partial charge in [0.25, 0.3) is 5.56 Å². The molecule has 0 N–H and O–H groups in total. The number of aromatic nitrogens is 6. The van der Waals surface area contributed by atoms with Crippen LogP contribution >= 0.6 is 0 Å². The van der Waals surface area contributed by atoms with Gasteiger partial charge in [-0.05, 0) is 43.7 Å². The maximum Gasteiger partial charge on any atom is 0.332 e. The molecule has 0 spiro atoms. The SMILES string of the molecule is CCOc1ccc(-c2cc3n(n2)CCCN(C(=O)Cn2cnc4c2c(=O)n(C)c(=O)n4C)C3)cc1. The van der Waals surface area contributed by atoms with Crippen LogP contribution in [0, 0.1) is 0 Å². The predicted octanol–water partition coefficient (Wildman–Crippen LogP) is 1.13. The number of imidazole rings is 1. The van der Waals surface area contributed by atoms with E-state index in [1.807, 2.05) is 41.9 Å². The Hall–Kier alpha value is -4.15. The molecule has 0 saturated carbocycles. The maximum absolute atomic E-state index is 13.3. The zero-order valence-corrected chi connectivity index (χ0v) is 20.0. The van der Waals surface area contributed by atoms with Crippen molar-refractivity contribution in [1.82, 2.24) is 33.4 Å². The molecule has 0 saturated heterocycles. The number of hydrogen-bond acceptors (Lipinski definition) is 6. The number of aryl methyl sites for hydroxylation is 2. The fourth-order valence-electron chi connectivity index (χ4n) is 4.47. The average Bonchev–Trinajstić information content (AvgIpc) is 3.40. The molecule has 182 valence electrons. The van der Waals surface area contributed by atoms with Crippen molar-refractivity contribution in [3.63, 3.8) is 0 Å². The monoisotopic (exact) mass is 477 g/mol. The minimum absolute atomic E-state index is 0.0379. The molecule has 4 heterocycles. The highest BCUT2D eigenvalue weighted by atomic mass is 16.5. The van der Waals surface area contributed by atoms with Gasteiger partial charge in [-0.3, -0.25) is 23.4 Å². The van der Waals surface area contributed by atoms with Crippen molar-refractivity contribution >= 4 is 17.1 Å². The Morgan fingerprint density at radius 1 is 1.09 bits per heavy atom. The molecule has 3 aromatic heterocycles. The Bertz CT molecular complexity index is 1520. The quantitative estimate of drug-likeness (QED) is 0.426. The van der Waals surface area contributed by atoms with E-state index in [4.69, 9.17) is 9.84 Å². The first-order valence-electron chi connectivity index (χ1n) is 11.6. The van der Waals surface area contributed by atoms with Gasteiger partial charge in [0.2, 0.25) is 5.91 Å². The maximum atomic E-state index is 13.3. The van der Waals surface area contributed by atoms with Gasteiger partial charge in [-0.25, -0.2) is 9.78 Å². The summed E-state index contributed by atoms with van der Waals surface area (Å²) in [5.41, 5.74) is 2.36. The van der Waals surface area contributed by atoms with Crippen LogP contribution in [0.25, 0.3) is 22.4 Å². The summed E-state index contributed by atoms with van der Waals surface area (Å²) in [5, 5.41) is 4.75. The molecule has 11 heteroatoms. The number of carbonyl (C=O) groups is 1. The van der Waals surface area contributed by atoms with E-state index >= 15 is 0 Å². The number of nitrogens with zero attached hydrogens (tertiary/aromatic N) is 7. The number of rotatable bonds is 5. The molecule has 4 aromatic rings. The summed E-state index contributed by atoms with van der Waals surface area (Å²) >= 11 is 0. The molecule has 5 rings (SSSR count). The Labute approximate surface area is 200 Å². The Morgan fingerprint density at radius 2 is 1.86 bits per heavy atom. The number of fused-ring (bicyclic) bond motifs is 2. The van der Waals surface area contributed by atoms with Gasteiger partial charge in [-0.15, -0.1) is 0 Å². The number of ether oxygens (including phenoxy) is 1. The van der Waals surface area contributed by atoms with Crippen LogP contribution in [0.15, 0.2) is 46.2 Å². The van der Waals surface area contributed by atoms with Crippen LogP contribution in [0.1, 0.15) is 19.0 Å². The highest BCUT2D eigenvalue weighted by Gasteiger charge is 2.23. The summed E-state index contributed by atoms with van der Waals surface area (Å²) in [6.45, 7) is 4.25. The first-order chi connectivity index (χ1) is 16.9. The van der Waals surface area contributed by atoms with E-state index in [-0.39, 0.29) is 23.6 Å². The first-order valence-corrected chi connectivity index (χ1v) is 11.6. The lowest BCUT2D eigenvalue weighted by Gasteiger charge is -2.20. The molecule has 0 radical (unpaired) electrons. The molecule has 1 aromatic carbocycles. The van der Waals surface area contributed by atoms with Crippen LogP contribution in [0.2, 0.25) is 0 Å². The van der Waals surface area contributed by atoms with E-state index < -0.39 is 11.2 Å². The lowest BCUT2D eigenvalue weighted by Crippen LogP contribution is -2.38. The van der Waals surface area contributed by atoms with Crippen molar-refractivity contribution in [2.24, 2.45) is 14.1 Å². The Kier molecular flexibility index (Phi) is 5.75. The molecule has 1 aliphatic heterocycles. The molecule has 11 nitrogen and oxygen atoms in total. The standard InChI is InChI=1S/C24H27N7O4/c1-4-35-18-8-6-16(7-9-18)19-12-17-13-29(10-5-11-31(17)26-19)20(32)14-30-15-25-22-21(30)23(33)28(3)24(34)27(22)2/h6-9,12,15H,4-5,10-11,13-14H2,1-3H3. The fourth-order valence-corrected chi connectivity index (χ4v) is 4.47. The lowest BCUT2D eigenvalue weighted by molar-refractivity contribution is -0.132. The van der Waals surface area contributed by atoms with Crippen molar-refractivity contribution < 1.29 is 9.53 Å². The molecule has 0 unspecified atom stereocenters. The van der Waals surface area contributed by atoms with Crippen LogP contribution in [0.3, 0.4) is 0 Å². The van der Waals surface area contributed by atoms with E-state index in [2.05, 4.69) is 4.98 Å². The summed E-state index contributed by atoms with van der Waals surface area (Å²) in [5.74, 6) is 0.688. The molecule has 0 aliphatic carbocycles. The van der Waals surface area contributed by atoms with Gasteiger partial charge in [0, 0.05) is 32.7 Å². The van der Waals surface area contributed by atoms with Crippen molar-refractivity contribution in [1.29, 1.82) is 0 Å². The Morgan fingerprint density at radius 3 is 2.60 bits per heavy atom. The van der Waals surface area contributed by atoms with E-state index in [9.17, 15) is 14.4 Å². The lowest BCUT2D eigenvalue weighted by atomic mass is 10.1. The number of hydrogen-bond donors (Lipinski definition) is 0. The third-order valence-electron chi connectivity index (χ3n) is 6.35. The topological polar surface area (TPSA) is 109 Å². The molecule has 35 heavy (non-hydrogen) atoms. The molecular formula is C24H27N7O4. The summed E-state index contributed by atoms with van der Waals surface area (Å²) < 4.78 is 11.3. The fraction of sp³-hybridized carbons (Fsp3) is 0.375. The average molecular weight is 478 g/mol. The smallest absolute Gasteiger partial charge is 0.332 e. The number of amides is 1. The number of benzene rings is 1. The van der Waals surface area contributed by atoms with Gasteiger partial charge >= 0.3 is 5.69 Å². The predicted molar refractivity (Wildman–Crippen MR) is 129 cm³/mol. The van der Waals surface area contributed by atoms with Gasteiger partial charge in [-0.1, -0.05) is 0 Å². The Balaban J connectivity index is 1.38. The molecule has 0 atom stereocenters. The van der Waals surface area contributed by atoms with Crippen LogP contribution in [0.5, 0.6) is 5.75 Å². The summed E-state index contributed by atoms with van der Waals surface area (Å²) in [6.07, 6.45) is 2.21. The van der Waals surface area contributed by atoms with Crippen LogP contribution in [-0.4, -0.2) is 52.4 Å². The van der Waals surface area contributed by atoms with E-state index in [1.54, 1.807) is 11.9 Å². The van der Waals surface area contributed by atoms with E-state index in [1.165, 1.54) is 22.5 Å². The second-order valence-electron chi connectivity index (χ2n) is 8.62. The van der Waals surface area contributed by atoms with Gasteiger partial charge in [0.05, 0.1) is 30.9 Å². The van der Waals surface area contributed by atoms with Gasteiger partial charge in [0.15, 0.2) is 11.2 Å². The summed E-state index contributed by atoms with van der Waals surface area (Å²) in [7, 11) is 2.97. The van der Waals surface area contributed by atoms with Crippen molar-refractivity contribution in [2.75, 3.05) is 13.2 Å². The molecule has 0 fully saturated rings. The first kappa shape index (κ1) is 22.6. The highest BCUT2D eigenvalue weighted by Crippen LogP contribution is 2.24. The molecule has 0 bridgehead atoms. The van der Waals surface area contributed by atoms with Crippen LogP contribution in [-0.2, 0) is 38.5 Å². The number of carbonyl (C=O) groups excluding carboxylic acids is 1. The highest BCUT2D eigenvalue weighted by molar-refractivity contribution is 5.79. The summed E-state index contributed by atoms with van der Waals surface area (Å²) in [6, 6.07) is 9.82. The van der Waals surface area contributed by atoms with Gasteiger partial charge in [0.1, 0.15) is 12.3 Å². The molecule has 1 aliphatic rings. The van der Waals surface area contributed by atoms with Crippen molar-refractivity contribution in [3.8, 4) is 17.0 Å². The van der Waals surface area contributed by atoms with E-state index in [0.717, 1.165) is 33.7 Å². The second kappa shape index (κ2) is 8.90. The zero-order valence-electron chi connectivity index (χ0n) is 20.0. The molecule has 1 amide bonds. The normalized spacial score (nSPS) is 13.6. The second-order valence-corrected chi connectivity index (χ2v) is 8.62. The van der Waals surface area contributed by atoms with E-state index in [0.29, 0.717) is 26.2 Å². The van der Waals surface area contributed by atoms with Gasteiger partial charge < -0.3 is 14.2 Å². The summed E-state index contributed by atoms with van der Waals surface area (Å²) in [4.78, 5) is 44.1. The van der Waals surface area contributed by atoms with Crippen LogP contribution < -0.4 is 16.0 Å². The van der Waals surface area contributed by atoms with Crippen molar-refractivity contribution in [2.45, 2.75) is 33.0 Å². The third kappa shape index (κ3) is 4.02. The van der Waals surface area contributed by atoms with Crippen LogP contribution in [0.4, 0.5) is 0 Å². The minimum atomic E-state index is -0.470.